The summed E-state index contributed by atoms with van der Waals surface area (Å²) in [7, 11) is 0. The maximum absolute atomic E-state index is 11.6. The molecule has 21 heavy (non-hydrogen) atoms. The number of azide groups is 1. The Balaban J connectivity index is 2.19. The average Bonchev–Trinajstić information content (AvgIpc) is 2.48. The van der Waals surface area contributed by atoms with Crippen molar-refractivity contribution < 1.29 is 14.3 Å². The van der Waals surface area contributed by atoms with Crippen LogP contribution in [0, 0.1) is 0 Å². The van der Waals surface area contributed by atoms with Gasteiger partial charge in [-0.05, 0) is 30.7 Å². The highest BCUT2D eigenvalue weighted by atomic mass is 16.5. The molecule has 0 bridgehead atoms. The van der Waals surface area contributed by atoms with Crippen molar-refractivity contribution >= 4 is 11.7 Å². The molecular formula is C14H12N4O3. The van der Waals surface area contributed by atoms with Gasteiger partial charge < -0.3 is 9.47 Å². The first-order valence-electron chi connectivity index (χ1n) is 6.19. The lowest BCUT2D eigenvalue weighted by atomic mass is 10.2. The summed E-state index contributed by atoms with van der Waals surface area (Å²) in [5.41, 5.74) is 9.18. The van der Waals surface area contributed by atoms with Crippen LogP contribution in [0.25, 0.3) is 10.4 Å². The van der Waals surface area contributed by atoms with Gasteiger partial charge in [0.25, 0.3) is 0 Å². The number of benzene rings is 1. The lowest BCUT2D eigenvalue weighted by molar-refractivity contribution is 0.0526. The van der Waals surface area contributed by atoms with Crippen LogP contribution in [0.15, 0.2) is 47.7 Å². The number of carbonyl (C=O) groups excluding carboxylic acids is 1. The van der Waals surface area contributed by atoms with Gasteiger partial charge in [0.05, 0.1) is 12.2 Å². The molecule has 0 N–H and O–H groups in total. The molecule has 7 heteroatoms. The molecule has 0 spiro atoms. The van der Waals surface area contributed by atoms with Gasteiger partial charge in [-0.2, -0.15) is 0 Å². The van der Waals surface area contributed by atoms with Gasteiger partial charge in [-0.25, -0.2) is 9.78 Å². The van der Waals surface area contributed by atoms with Crippen LogP contribution in [-0.2, 0) is 4.74 Å². The van der Waals surface area contributed by atoms with Crippen LogP contribution in [0.5, 0.6) is 11.6 Å². The zero-order valence-electron chi connectivity index (χ0n) is 11.3. The fraction of sp³-hybridized carbons (Fsp3) is 0.143. The molecule has 0 amide bonds. The normalized spacial score (nSPS) is 9.57. The van der Waals surface area contributed by atoms with E-state index in [2.05, 4.69) is 15.0 Å². The summed E-state index contributed by atoms with van der Waals surface area (Å²) >= 11 is 0. The smallest absolute Gasteiger partial charge is 0.338 e. The third kappa shape index (κ3) is 3.95. The first kappa shape index (κ1) is 14.4. The van der Waals surface area contributed by atoms with Crippen LogP contribution in [-0.4, -0.2) is 17.6 Å². The summed E-state index contributed by atoms with van der Waals surface area (Å²) in [5, 5.41) is 3.49. The summed E-state index contributed by atoms with van der Waals surface area (Å²) in [6, 6.07) is 9.62. The summed E-state index contributed by atoms with van der Waals surface area (Å²) in [4.78, 5) is 18.4. The molecule has 7 nitrogen and oxygen atoms in total. The molecule has 0 fully saturated rings. The number of aromatic nitrogens is 1. The Morgan fingerprint density at radius 2 is 2.24 bits per heavy atom. The lowest BCUT2D eigenvalue weighted by Crippen LogP contribution is -2.04. The van der Waals surface area contributed by atoms with Gasteiger partial charge in [0.2, 0.25) is 5.88 Å². The van der Waals surface area contributed by atoms with Crippen LogP contribution in [0.4, 0.5) is 5.69 Å². The molecule has 0 aliphatic rings. The Bertz CT molecular complexity index is 696. The second-order valence-corrected chi connectivity index (χ2v) is 3.89. The van der Waals surface area contributed by atoms with Crippen molar-refractivity contribution in [2.45, 2.75) is 6.92 Å². The van der Waals surface area contributed by atoms with E-state index in [1.807, 2.05) is 0 Å². The summed E-state index contributed by atoms with van der Waals surface area (Å²) in [6.45, 7) is 2.03. The molecule has 1 heterocycles. The fourth-order valence-corrected chi connectivity index (χ4v) is 1.59. The zero-order chi connectivity index (χ0) is 15.1. The molecule has 106 valence electrons. The average molecular weight is 284 g/mol. The minimum atomic E-state index is -0.437. The number of rotatable bonds is 5. The van der Waals surface area contributed by atoms with Gasteiger partial charge in [0, 0.05) is 22.9 Å². The SMILES string of the molecule is CCOC(=O)c1ccnc(Oc2cccc(N=[N+]=[N-])c2)c1. The summed E-state index contributed by atoms with van der Waals surface area (Å²) < 4.78 is 10.4. The number of pyridine rings is 1. The third-order valence-corrected chi connectivity index (χ3v) is 2.45. The summed E-state index contributed by atoms with van der Waals surface area (Å²) in [6.07, 6.45) is 1.46. The molecule has 0 radical (unpaired) electrons. The molecular weight excluding hydrogens is 272 g/mol. The van der Waals surface area contributed by atoms with Gasteiger partial charge >= 0.3 is 5.97 Å². The highest BCUT2D eigenvalue weighted by Crippen LogP contribution is 2.24. The highest BCUT2D eigenvalue weighted by Gasteiger charge is 2.08. The van der Waals surface area contributed by atoms with Gasteiger partial charge in [-0.15, -0.1) is 0 Å². The van der Waals surface area contributed by atoms with Crippen molar-refractivity contribution in [1.29, 1.82) is 0 Å². The predicted octanol–water partition coefficient (Wildman–Crippen LogP) is 3.99. The third-order valence-electron chi connectivity index (χ3n) is 2.45. The van der Waals surface area contributed by atoms with Crippen LogP contribution in [0.2, 0.25) is 0 Å². The Morgan fingerprint density at radius 1 is 1.38 bits per heavy atom. The lowest BCUT2D eigenvalue weighted by Gasteiger charge is -2.06. The van der Waals surface area contributed by atoms with E-state index < -0.39 is 5.97 Å². The van der Waals surface area contributed by atoms with Crippen LogP contribution >= 0.6 is 0 Å². The Kier molecular flexibility index (Phi) is 4.74. The van der Waals surface area contributed by atoms with E-state index in [1.54, 1.807) is 37.3 Å². The van der Waals surface area contributed by atoms with Gasteiger partial charge in [0.15, 0.2) is 0 Å². The molecule has 0 aliphatic heterocycles. The van der Waals surface area contributed by atoms with Crippen LogP contribution in [0.1, 0.15) is 17.3 Å². The molecule has 0 saturated heterocycles. The monoisotopic (exact) mass is 284 g/mol. The quantitative estimate of drug-likeness (QED) is 0.358. The maximum atomic E-state index is 11.6. The molecule has 0 unspecified atom stereocenters. The second-order valence-electron chi connectivity index (χ2n) is 3.89. The molecule has 2 rings (SSSR count). The van der Waals surface area contributed by atoms with E-state index in [0.29, 0.717) is 23.6 Å². The largest absolute Gasteiger partial charge is 0.462 e. The molecule has 2 aromatic rings. The maximum Gasteiger partial charge on any atom is 0.338 e. The first-order valence-corrected chi connectivity index (χ1v) is 6.19. The number of hydrogen-bond donors (Lipinski definition) is 0. The number of esters is 1. The van der Waals surface area contributed by atoms with Gasteiger partial charge in [0.1, 0.15) is 5.75 Å². The van der Waals surface area contributed by atoms with Crippen molar-refractivity contribution in [3.8, 4) is 11.6 Å². The fourth-order valence-electron chi connectivity index (χ4n) is 1.59. The number of carbonyl (C=O) groups is 1. The van der Waals surface area contributed by atoms with Crippen molar-refractivity contribution in [3.05, 3.63) is 58.6 Å². The van der Waals surface area contributed by atoms with Crippen molar-refractivity contribution in [1.82, 2.24) is 4.98 Å². The standard InChI is InChI=1S/C14H12N4O3/c1-2-20-14(19)10-6-7-16-13(8-10)21-12-5-3-4-11(9-12)17-18-15/h3-9H,2H2,1H3. The highest BCUT2D eigenvalue weighted by molar-refractivity contribution is 5.89. The molecule has 0 aliphatic carbocycles. The number of hydrogen-bond acceptors (Lipinski definition) is 5. The van der Waals surface area contributed by atoms with E-state index in [4.69, 9.17) is 15.0 Å². The van der Waals surface area contributed by atoms with E-state index >= 15 is 0 Å². The topological polar surface area (TPSA) is 97.2 Å². The molecule has 0 saturated carbocycles. The molecule has 1 aromatic carbocycles. The van der Waals surface area contributed by atoms with Crippen LogP contribution < -0.4 is 4.74 Å². The van der Waals surface area contributed by atoms with E-state index in [0.717, 1.165) is 0 Å². The molecule has 0 atom stereocenters. The summed E-state index contributed by atoms with van der Waals surface area (Å²) in [5.74, 6) is 0.264. The van der Waals surface area contributed by atoms with Gasteiger partial charge in [-0.1, -0.05) is 17.2 Å². The second kappa shape index (κ2) is 6.93. The Morgan fingerprint density at radius 3 is 3.00 bits per heavy atom. The van der Waals surface area contributed by atoms with Crippen molar-refractivity contribution in [3.63, 3.8) is 0 Å². The van der Waals surface area contributed by atoms with Gasteiger partial charge in [-0.3, -0.25) is 0 Å². The van der Waals surface area contributed by atoms with Crippen molar-refractivity contribution in [2.75, 3.05) is 6.61 Å². The van der Waals surface area contributed by atoms with E-state index in [1.165, 1.54) is 12.3 Å². The van der Waals surface area contributed by atoms with Crippen molar-refractivity contribution in [2.24, 2.45) is 5.11 Å². The number of nitrogens with zero attached hydrogens (tertiary/aromatic N) is 4. The molecule has 1 aromatic heterocycles. The number of ether oxygens (including phenoxy) is 2. The predicted molar refractivity (Wildman–Crippen MR) is 75.5 cm³/mol. The van der Waals surface area contributed by atoms with E-state index in [-0.39, 0.29) is 5.88 Å². The Hall–Kier alpha value is -3.05. The first-order chi connectivity index (χ1) is 10.2. The van der Waals surface area contributed by atoms with Crippen LogP contribution in [0.3, 0.4) is 0 Å². The Labute approximate surface area is 120 Å². The minimum absolute atomic E-state index is 0.249. The zero-order valence-corrected chi connectivity index (χ0v) is 11.3. The van der Waals surface area contributed by atoms with E-state index in [9.17, 15) is 4.79 Å². The minimum Gasteiger partial charge on any atom is -0.462 e.